The van der Waals surface area contributed by atoms with Crippen LogP contribution in [0.25, 0.3) is 0 Å². The van der Waals surface area contributed by atoms with Gasteiger partial charge in [-0.2, -0.15) is 0 Å². The second kappa shape index (κ2) is 3.10. The Morgan fingerprint density at radius 3 is 2.75 bits per heavy atom. The fraction of sp³-hybridized carbons (Fsp3) is 0.929. The van der Waals surface area contributed by atoms with Gasteiger partial charge in [0, 0.05) is 12.8 Å². The topological polar surface area (TPSA) is 26.3 Å². The quantitative estimate of drug-likeness (QED) is 0.630. The van der Waals surface area contributed by atoms with Crippen LogP contribution >= 0.6 is 0 Å². The average Bonchev–Trinajstić information content (AvgIpc) is 2.52. The van der Waals surface area contributed by atoms with Gasteiger partial charge in [-0.15, -0.1) is 0 Å². The Kier molecular flexibility index (Phi) is 2.08. The molecule has 3 bridgehead atoms. The van der Waals surface area contributed by atoms with Crippen molar-refractivity contribution in [1.82, 2.24) is 0 Å². The number of Topliss-reactive ketones (excluding diaryl/α,β-unsaturated/α-hetero) is 1. The molecule has 0 aromatic carbocycles. The predicted octanol–water partition coefficient (Wildman–Crippen LogP) is 2.95. The van der Waals surface area contributed by atoms with Crippen LogP contribution in [-0.2, 0) is 9.53 Å². The van der Waals surface area contributed by atoms with Gasteiger partial charge < -0.3 is 4.74 Å². The highest BCUT2D eigenvalue weighted by Crippen LogP contribution is 2.59. The van der Waals surface area contributed by atoms with Crippen molar-refractivity contribution in [3.63, 3.8) is 0 Å². The van der Waals surface area contributed by atoms with Gasteiger partial charge in [-0.05, 0) is 43.4 Å². The Labute approximate surface area is 97.7 Å². The Morgan fingerprint density at radius 2 is 2.00 bits per heavy atom. The molecule has 2 aliphatic carbocycles. The third-order valence-electron chi connectivity index (χ3n) is 5.54. The number of hydrogen-bond donors (Lipinski definition) is 0. The molecule has 0 aromatic rings. The van der Waals surface area contributed by atoms with Gasteiger partial charge >= 0.3 is 0 Å². The van der Waals surface area contributed by atoms with Crippen molar-refractivity contribution < 1.29 is 9.53 Å². The third kappa shape index (κ3) is 1.32. The smallest absolute Gasteiger partial charge is 0.135 e. The van der Waals surface area contributed by atoms with Crippen molar-refractivity contribution in [2.45, 2.75) is 64.6 Å². The SMILES string of the molecule is CC12CCC3CC(=O)CC(CC1C3(C)C)O2. The minimum absolute atomic E-state index is 0.0509. The molecule has 3 fully saturated rings. The Morgan fingerprint density at radius 1 is 1.25 bits per heavy atom. The largest absolute Gasteiger partial charge is 0.371 e. The van der Waals surface area contributed by atoms with Crippen LogP contribution in [0.1, 0.15) is 52.9 Å². The first kappa shape index (κ1) is 10.8. The zero-order chi connectivity index (χ0) is 11.6. The first-order valence-electron chi connectivity index (χ1n) is 6.61. The summed E-state index contributed by atoms with van der Waals surface area (Å²) < 4.78 is 6.21. The van der Waals surface area contributed by atoms with E-state index in [2.05, 4.69) is 20.8 Å². The van der Waals surface area contributed by atoms with Crippen LogP contribution in [0.3, 0.4) is 0 Å². The Balaban J connectivity index is 2.04. The number of ether oxygens (including phenoxy) is 1. The Bertz CT molecular complexity index is 334. The lowest BCUT2D eigenvalue weighted by Crippen LogP contribution is -2.49. The summed E-state index contributed by atoms with van der Waals surface area (Å²) in [6.45, 7) is 6.97. The average molecular weight is 222 g/mol. The van der Waals surface area contributed by atoms with Crippen LogP contribution < -0.4 is 0 Å². The summed E-state index contributed by atoms with van der Waals surface area (Å²) >= 11 is 0. The van der Waals surface area contributed by atoms with Crippen molar-refractivity contribution in [2.24, 2.45) is 17.3 Å². The summed E-state index contributed by atoms with van der Waals surface area (Å²) in [6, 6.07) is 0. The second-order valence-electron chi connectivity index (χ2n) is 6.84. The maximum Gasteiger partial charge on any atom is 0.135 e. The molecule has 1 heterocycles. The minimum Gasteiger partial charge on any atom is -0.371 e. The van der Waals surface area contributed by atoms with Crippen LogP contribution in [0.4, 0.5) is 0 Å². The van der Waals surface area contributed by atoms with E-state index in [9.17, 15) is 4.79 Å². The summed E-state index contributed by atoms with van der Waals surface area (Å²) in [5.74, 6) is 1.66. The van der Waals surface area contributed by atoms with Crippen LogP contribution in [0.15, 0.2) is 0 Å². The van der Waals surface area contributed by atoms with E-state index < -0.39 is 0 Å². The fourth-order valence-corrected chi connectivity index (χ4v) is 4.57. The van der Waals surface area contributed by atoms with E-state index in [1.165, 1.54) is 6.42 Å². The molecule has 2 nitrogen and oxygen atoms in total. The fourth-order valence-electron chi connectivity index (χ4n) is 4.57. The lowest BCUT2D eigenvalue weighted by Gasteiger charge is -2.50. The highest BCUT2D eigenvalue weighted by Gasteiger charge is 2.58. The van der Waals surface area contributed by atoms with E-state index >= 15 is 0 Å². The lowest BCUT2D eigenvalue weighted by molar-refractivity contribution is -0.123. The first-order chi connectivity index (χ1) is 7.42. The zero-order valence-electron chi connectivity index (χ0n) is 10.6. The maximum atomic E-state index is 11.9. The molecular weight excluding hydrogens is 200 g/mol. The van der Waals surface area contributed by atoms with Gasteiger partial charge in [0.1, 0.15) is 5.78 Å². The van der Waals surface area contributed by atoms with Crippen LogP contribution in [0.2, 0.25) is 0 Å². The standard InChI is InChI=1S/C14H22O2/c1-13(2)9-4-5-14(3)12(13)8-11(16-14)7-10(15)6-9/h9,11-12H,4-8H2,1-3H3. The van der Waals surface area contributed by atoms with Crippen molar-refractivity contribution in [1.29, 1.82) is 0 Å². The van der Waals surface area contributed by atoms with Crippen molar-refractivity contribution >= 4 is 5.78 Å². The van der Waals surface area contributed by atoms with Crippen LogP contribution in [0.5, 0.6) is 0 Å². The van der Waals surface area contributed by atoms with E-state index in [0.717, 1.165) is 19.3 Å². The second-order valence-corrected chi connectivity index (χ2v) is 6.84. The molecule has 0 aromatic heterocycles. The van der Waals surface area contributed by atoms with E-state index in [0.29, 0.717) is 24.0 Å². The summed E-state index contributed by atoms with van der Waals surface area (Å²) in [7, 11) is 0. The Hall–Kier alpha value is -0.370. The maximum absolute atomic E-state index is 11.9. The summed E-state index contributed by atoms with van der Waals surface area (Å²) in [4.78, 5) is 11.9. The number of hydrogen-bond acceptors (Lipinski definition) is 2. The van der Waals surface area contributed by atoms with Crippen LogP contribution in [0, 0.1) is 17.3 Å². The van der Waals surface area contributed by atoms with Gasteiger partial charge in [0.25, 0.3) is 0 Å². The van der Waals surface area contributed by atoms with E-state index in [-0.39, 0.29) is 17.1 Å². The van der Waals surface area contributed by atoms with Gasteiger partial charge in [-0.1, -0.05) is 13.8 Å². The molecule has 2 heteroatoms. The summed E-state index contributed by atoms with van der Waals surface area (Å²) in [5.41, 5.74) is 0.327. The zero-order valence-corrected chi connectivity index (χ0v) is 10.6. The first-order valence-corrected chi connectivity index (χ1v) is 6.61. The number of ketones is 1. The molecule has 0 N–H and O–H groups in total. The molecule has 3 rings (SSSR count). The monoisotopic (exact) mass is 222 g/mol. The summed E-state index contributed by atoms with van der Waals surface area (Å²) in [6.07, 6.45) is 5.08. The van der Waals surface area contributed by atoms with Crippen molar-refractivity contribution in [3.05, 3.63) is 0 Å². The van der Waals surface area contributed by atoms with Gasteiger partial charge in [-0.3, -0.25) is 4.79 Å². The molecular formula is C14H22O2. The highest BCUT2D eigenvalue weighted by molar-refractivity contribution is 5.79. The molecule has 1 saturated heterocycles. The lowest BCUT2D eigenvalue weighted by atomic mass is 9.55. The van der Waals surface area contributed by atoms with Gasteiger partial charge in [-0.25, -0.2) is 0 Å². The van der Waals surface area contributed by atoms with Crippen molar-refractivity contribution in [3.8, 4) is 0 Å². The molecule has 4 atom stereocenters. The van der Waals surface area contributed by atoms with Crippen molar-refractivity contribution in [2.75, 3.05) is 0 Å². The molecule has 0 spiro atoms. The molecule has 90 valence electrons. The van der Waals surface area contributed by atoms with Gasteiger partial charge in [0.05, 0.1) is 11.7 Å². The minimum atomic E-state index is 0.0509. The molecule has 0 amide bonds. The molecule has 0 radical (unpaired) electrons. The van der Waals surface area contributed by atoms with Gasteiger partial charge in [0.15, 0.2) is 0 Å². The summed E-state index contributed by atoms with van der Waals surface area (Å²) in [5, 5.41) is 0. The molecule has 3 aliphatic rings. The number of fused-ring (bicyclic) bond motifs is 2. The molecule has 16 heavy (non-hydrogen) atoms. The number of carbonyl (C=O) groups excluding carboxylic acids is 1. The molecule has 1 aliphatic heterocycles. The van der Waals surface area contributed by atoms with Gasteiger partial charge in [0.2, 0.25) is 0 Å². The van der Waals surface area contributed by atoms with E-state index in [1.54, 1.807) is 0 Å². The third-order valence-corrected chi connectivity index (χ3v) is 5.54. The van der Waals surface area contributed by atoms with Crippen LogP contribution in [-0.4, -0.2) is 17.5 Å². The predicted molar refractivity (Wildman–Crippen MR) is 62.1 cm³/mol. The molecule has 2 saturated carbocycles. The van der Waals surface area contributed by atoms with E-state index in [1.807, 2.05) is 0 Å². The van der Waals surface area contributed by atoms with E-state index in [4.69, 9.17) is 4.74 Å². The number of rotatable bonds is 0. The normalized spacial score (nSPS) is 50.2. The molecule has 4 unspecified atom stereocenters. The highest BCUT2D eigenvalue weighted by atomic mass is 16.5. The number of carbonyl (C=O) groups is 1.